The first kappa shape index (κ1) is 15.5. The van der Waals surface area contributed by atoms with E-state index in [9.17, 15) is 4.79 Å². The van der Waals surface area contributed by atoms with Crippen molar-refractivity contribution < 1.29 is 0 Å². The highest BCUT2D eigenvalue weighted by atomic mass is 79.9. The van der Waals surface area contributed by atoms with Gasteiger partial charge in [-0.15, -0.1) is 0 Å². The van der Waals surface area contributed by atoms with Gasteiger partial charge >= 0.3 is 0 Å². The Morgan fingerprint density at radius 2 is 2.05 bits per heavy atom. The molecular formula is C16H21BrN4O. The Hall–Kier alpha value is -1.43. The van der Waals surface area contributed by atoms with Gasteiger partial charge < -0.3 is 5.32 Å². The van der Waals surface area contributed by atoms with E-state index in [-0.39, 0.29) is 11.6 Å². The summed E-state index contributed by atoms with van der Waals surface area (Å²) < 4.78 is 2.47. The maximum absolute atomic E-state index is 12.7. The second-order valence-electron chi connectivity index (χ2n) is 5.86. The number of nitrogens with one attached hydrogen (secondary N) is 1. The number of hydrogen-bond donors (Lipinski definition) is 1. The summed E-state index contributed by atoms with van der Waals surface area (Å²) in [4.78, 5) is 21.8. The summed E-state index contributed by atoms with van der Waals surface area (Å²) in [6, 6.07) is 2.09. The molecule has 1 aliphatic carbocycles. The van der Waals surface area contributed by atoms with Crippen LogP contribution in [0.2, 0.25) is 0 Å². The normalized spacial score (nSPS) is 16.1. The second-order valence-corrected chi connectivity index (χ2v) is 6.71. The molecule has 118 valence electrons. The molecule has 0 spiro atoms. The van der Waals surface area contributed by atoms with Crippen molar-refractivity contribution in [2.24, 2.45) is 0 Å². The Morgan fingerprint density at radius 3 is 2.73 bits per heavy atom. The van der Waals surface area contributed by atoms with E-state index in [1.54, 1.807) is 0 Å². The molecule has 5 nitrogen and oxygen atoms in total. The Bertz CT molecular complexity index is 750. The van der Waals surface area contributed by atoms with Gasteiger partial charge in [-0.2, -0.15) is 4.98 Å². The number of nitrogens with zero attached hydrogens (tertiary/aromatic N) is 3. The number of pyridine rings is 1. The molecule has 3 rings (SSSR count). The minimum Gasteiger partial charge on any atom is -0.354 e. The SMILES string of the molecule is CCNc1nc(C)c2cc(Br)c(=O)n(C3CCCCC3)c2n1. The lowest BCUT2D eigenvalue weighted by atomic mass is 9.95. The van der Waals surface area contributed by atoms with Gasteiger partial charge in [0, 0.05) is 18.0 Å². The van der Waals surface area contributed by atoms with Crippen molar-refractivity contribution >= 4 is 32.9 Å². The zero-order valence-corrected chi connectivity index (χ0v) is 14.6. The van der Waals surface area contributed by atoms with Crippen molar-refractivity contribution in [3.63, 3.8) is 0 Å². The summed E-state index contributed by atoms with van der Waals surface area (Å²) in [7, 11) is 0. The van der Waals surface area contributed by atoms with Crippen molar-refractivity contribution in [2.75, 3.05) is 11.9 Å². The minimum absolute atomic E-state index is 0.0138. The molecule has 0 unspecified atom stereocenters. The van der Waals surface area contributed by atoms with Gasteiger partial charge in [0.1, 0.15) is 5.65 Å². The van der Waals surface area contributed by atoms with E-state index in [1.165, 1.54) is 19.3 Å². The summed E-state index contributed by atoms with van der Waals surface area (Å²) in [6.07, 6.45) is 5.70. The van der Waals surface area contributed by atoms with Crippen LogP contribution >= 0.6 is 15.9 Å². The number of fused-ring (bicyclic) bond motifs is 1. The lowest BCUT2D eigenvalue weighted by molar-refractivity contribution is 0.352. The van der Waals surface area contributed by atoms with Crippen LogP contribution in [0.3, 0.4) is 0 Å². The van der Waals surface area contributed by atoms with Gasteiger partial charge in [-0.05, 0) is 48.7 Å². The first-order valence-electron chi connectivity index (χ1n) is 7.95. The zero-order chi connectivity index (χ0) is 15.7. The summed E-state index contributed by atoms with van der Waals surface area (Å²) in [5.74, 6) is 0.596. The lowest BCUT2D eigenvalue weighted by Gasteiger charge is -2.25. The van der Waals surface area contributed by atoms with Crippen molar-refractivity contribution in [1.82, 2.24) is 14.5 Å². The molecule has 1 aliphatic rings. The third kappa shape index (κ3) is 2.76. The van der Waals surface area contributed by atoms with Gasteiger partial charge in [-0.3, -0.25) is 9.36 Å². The first-order chi connectivity index (χ1) is 10.6. The Labute approximate surface area is 138 Å². The number of hydrogen-bond acceptors (Lipinski definition) is 4. The fourth-order valence-electron chi connectivity index (χ4n) is 3.23. The molecule has 1 fully saturated rings. The Kier molecular flexibility index (Phi) is 4.47. The van der Waals surface area contributed by atoms with Gasteiger partial charge in [-0.25, -0.2) is 4.98 Å². The van der Waals surface area contributed by atoms with E-state index in [4.69, 9.17) is 0 Å². The predicted molar refractivity (Wildman–Crippen MR) is 92.5 cm³/mol. The third-order valence-electron chi connectivity index (χ3n) is 4.31. The Morgan fingerprint density at radius 1 is 1.32 bits per heavy atom. The summed E-state index contributed by atoms with van der Waals surface area (Å²) in [5, 5.41) is 4.10. The first-order valence-corrected chi connectivity index (χ1v) is 8.74. The smallest absolute Gasteiger partial charge is 0.266 e. The summed E-state index contributed by atoms with van der Waals surface area (Å²) >= 11 is 3.41. The molecule has 0 amide bonds. The van der Waals surface area contributed by atoms with Gasteiger partial charge in [-0.1, -0.05) is 19.3 Å². The number of halogens is 1. The van der Waals surface area contributed by atoms with E-state index in [2.05, 4.69) is 31.2 Å². The molecule has 6 heteroatoms. The van der Waals surface area contributed by atoms with E-state index >= 15 is 0 Å². The van der Waals surface area contributed by atoms with Gasteiger partial charge in [0.15, 0.2) is 0 Å². The molecule has 1 N–H and O–H groups in total. The van der Waals surface area contributed by atoms with Crippen LogP contribution in [0.15, 0.2) is 15.3 Å². The topological polar surface area (TPSA) is 59.8 Å². The van der Waals surface area contributed by atoms with Crippen LogP contribution in [-0.4, -0.2) is 21.1 Å². The van der Waals surface area contributed by atoms with Crippen LogP contribution in [0, 0.1) is 6.92 Å². The van der Waals surface area contributed by atoms with E-state index < -0.39 is 0 Å². The quantitative estimate of drug-likeness (QED) is 0.899. The van der Waals surface area contributed by atoms with Crippen LogP contribution in [0.25, 0.3) is 11.0 Å². The zero-order valence-electron chi connectivity index (χ0n) is 13.0. The average molecular weight is 365 g/mol. The van der Waals surface area contributed by atoms with Crippen molar-refractivity contribution in [3.8, 4) is 0 Å². The van der Waals surface area contributed by atoms with Gasteiger partial charge in [0.05, 0.1) is 10.2 Å². The number of rotatable bonds is 3. The standard InChI is InChI=1S/C16H21BrN4O/c1-3-18-16-19-10(2)12-9-13(17)15(22)21(14(12)20-16)11-7-5-4-6-8-11/h9,11H,3-8H2,1-2H3,(H,18,19,20). The monoisotopic (exact) mass is 364 g/mol. The predicted octanol–water partition coefficient (Wildman–Crippen LogP) is 3.80. The van der Waals surface area contributed by atoms with Crippen molar-refractivity contribution in [1.29, 1.82) is 0 Å². The van der Waals surface area contributed by atoms with E-state index in [0.717, 1.165) is 36.1 Å². The molecule has 0 bridgehead atoms. The molecule has 2 aromatic heterocycles. The molecule has 0 aliphatic heterocycles. The Balaban J connectivity index is 2.26. The van der Waals surface area contributed by atoms with Crippen LogP contribution in [0.4, 0.5) is 5.95 Å². The fourth-order valence-corrected chi connectivity index (χ4v) is 3.65. The van der Waals surface area contributed by atoms with E-state index in [1.807, 2.05) is 24.5 Å². The maximum Gasteiger partial charge on any atom is 0.266 e. The molecule has 0 radical (unpaired) electrons. The third-order valence-corrected chi connectivity index (χ3v) is 4.88. The van der Waals surface area contributed by atoms with Crippen molar-refractivity contribution in [3.05, 3.63) is 26.6 Å². The number of anilines is 1. The maximum atomic E-state index is 12.7. The molecule has 2 aromatic rings. The van der Waals surface area contributed by atoms with Gasteiger partial charge in [0.2, 0.25) is 5.95 Å². The minimum atomic E-state index is 0.0138. The highest BCUT2D eigenvalue weighted by Gasteiger charge is 2.21. The molecular weight excluding hydrogens is 344 g/mol. The molecule has 0 saturated heterocycles. The highest BCUT2D eigenvalue weighted by Crippen LogP contribution is 2.30. The van der Waals surface area contributed by atoms with Crippen LogP contribution in [-0.2, 0) is 0 Å². The lowest BCUT2D eigenvalue weighted by Crippen LogP contribution is -2.28. The fraction of sp³-hybridized carbons (Fsp3) is 0.562. The largest absolute Gasteiger partial charge is 0.354 e. The summed E-state index contributed by atoms with van der Waals surface area (Å²) in [5.41, 5.74) is 1.66. The second kappa shape index (κ2) is 6.36. The van der Waals surface area contributed by atoms with Crippen LogP contribution < -0.4 is 10.9 Å². The molecule has 0 aromatic carbocycles. The molecule has 1 saturated carbocycles. The van der Waals surface area contributed by atoms with Crippen LogP contribution in [0.5, 0.6) is 0 Å². The summed E-state index contributed by atoms with van der Waals surface area (Å²) in [6.45, 7) is 4.74. The van der Waals surface area contributed by atoms with Gasteiger partial charge in [0.25, 0.3) is 5.56 Å². The average Bonchev–Trinajstić information content (AvgIpc) is 2.51. The molecule has 0 atom stereocenters. The van der Waals surface area contributed by atoms with E-state index in [0.29, 0.717) is 10.4 Å². The molecule has 2 heterocycles. The number of aromatic nitrogens is 3. The highest BCUT2D eigenvalue weighted by molar-refractivity contribution is 9.10. The number of aryl methyl sites for hydroxylation is 1. The van der Waals surface area contributed by atoms with Crippen LogP contribution in [0.1, 0.15) is 50.8 Å². The van der Waals surface area contributed by atoms with Crippen molar-refractivity contribution in [2.45, 2.75) is 52.0 Å². The molecule has 22 heavy (non-hydrogen) atoms.